The number of carbonyl (C=O) groups is 1. The van der Waals surface area contributed by atoms with Crippen LogP contribution in [0.15, 0.2) is 9.59 Å². The number of hydrogen-bond acceptors (Lipinski definition) is 6. The number of rotatable bonds is 6. The van der Waals surface area contributed by atoms with Crippen molar-refractivity contribution in [2.75, 3.05) is 20.3 Å². The molecule has 7 nitrogen and oxygen atoms in total. The molecule has 0 radical (unpaired) electrons. The number of esters is 1. The minimum Gasteiger partial charge on any atom is -0.462 e. The second-order valence-corrected chi connectivity index (χ2v) is 6.78. The fourth-order valence-electron chi connectivity index (χ4n) is 2.62. The predicted octanol–water partition coefficient (Wildman–Crippen LogP) is 2.48. The molecule has 1 atom stereocenters. The first kappa shape index (κ1) is 21.2. The summed E-state index contributed by atoms with van der Waals surface area (Å²) in [7, 11) is 1.38. The Balaban J connectivity index is 2.91. The standard InChI is InChI=1S/C16H19F3N2O5S/c1-5-26-14(23)11-8(2)10-12(22)21(9(3)16(17,18)19)15(24)20(6-7-25-4)13(10)27-11/h9H,5-7H2,1-4H3/t9-/m0/s1. The first-order valence-corrected chi connectivity index (χ1v) is 8.89. The van der Waals surface area contributed by atoms with E-state index < -0.39 is 29.4 Å². The van der Waals surface area contributed by atoms with Gasteiger partial charge in [-0.15, -0.1) is 11.3 Å². The van der Waals surface area contributed by atoms with Gasteiger partial charge in [0.15, 0.2) is 0 Å². The maximum absolute atomic E-state index is 13.2. The summed E-state index contributed by atoms with van der Waals surface area (Å²) in [5.74, 6) is -0.697. The van der Waals surface area contributed by atoms with Crippen LogP contribution in [0, 0.1) is 6.92 Å². The molecule has 0 bridgehead atoms. The molecule has 2 rings (SSSR count). The molecule has 0 aliphatic carbocycles. The first-order valence-electron chi connectivity index (χ1n) is 8.07. The average molecular weight is 408 g/mol. The Kier molecular flexibility index (Phi) is 6.15. The minimum absolute atomic E-state index is 0.0410. The van der Waals surface area contributed by atoms with Gasteiger partial charge in [-0.1, -0.05) is 0 Å². The van der Waals surface area contributed by atoms with E-state index in [1.54, 1.807) is 6.92 Å². The number of methoxy groups -OCH3 is 1. The van der Waals surface area contributed by atoms with E-state index in [-0.39, 0.29) is 45.0 Å². The van der Waals surface area contributed by atoms with E-state index >= 15 is 0 Å². The fraction of sp³-hybridized carbons (Fsp3) is 0.562. The summed E-state index contributed by atoms with van der Waals surface area (Å²) in [4.78, 5) is 37.7. The number of thiophene rings is 1. The zero-order valence-electron chi connectivity index (χ0n) is 15.2. The van der Waals surface area contributed by atoms with Crippen molar-refractivity contribution in [3.8, 4) is 0 Å². The fourth-order valence-corrected chi connectivity index (χ4v) is 3.84. The molecule has 0 saturated heterocycles. The second-order valence-electron chi connectivity index (χ2n) is 5.78. The van der Waals surface area contributed by atoms with Gasteiger partial charge in [0.25, 0.3) is 5.56 Å². The summed E-state index contributed by atoms with van der Waals surface area (Å²) < 4.78 is 50.7. The van der Waals surface area contributed by atoms with Gasteiger partial charge < -0.3 is 9.47 Å². The van der Waals surface area contributed by atoms with E-state index in [0.717, 1.165) is 22.8 Å². The predicted molar refractivity (Wildman–Crippen MR) is 93.7 cm³/mol. The maximum atomic E-state index is 13.2. The van der Waals surface area contributed by atoms with Crippen LogP contribution in [0.4, 0.5) is 13.2 Å². The Morgan fingerprint density at radius 2 is 1.93 bits per heavy atom. The number of hydrogen-bond donors (Lipinski definition) is 0. The Bertz CT molecular complexity index is 974. The number of nitrogens with zero attached hydrogens (tertiary/aromatic N) is 2. The van der Waals surface area contributed by atoms with Crippen LogP contribution < -0.4 is 11.2 Å². The molecule has 0 unspecified atom stereocenters. The second kappa shape index (κ2) is 7.85. The van der Waals surface area contributed by atoms with E-state index in [9.17, 15) is 27.6 Å². The molecular formula is C16H19F3N2O5S. The van der Waals surface area contributed by atoms with Gasteiger partial charge in [0.1, 0.15) is 15.7 Å². The minimum atomic E-state index is -4.79. The molecule has 2 aromatic heterocycles. The van der Waals surface area contributed by atoms with Crippen LogP contribution in [-0.2, 0) is 16.0 Å². The molecule has 0 aromatic carbocycles. The SMILES string of the molecule is CCOC(=O)c1sc2c(c1C)c(=O)n([C@@H](C)C(F)(F)F)c(=O)n2CCOC. The lowest BCUT2D eigenvalue weighted by Gasteiger charge is -2.19. The lowest BCUT2D eigenvalue weighted by molar-refractivity contribution is -0.164. The molecule has 0 amide bonds. The van der Waals surface area contributed by atoms with E-state index in [1.165, 1.54) is 14.0 Å². The van der Waals surface area contributed by atoms with E-state index in [1.807, 2.05) is 0 Å². The Morgan fingerprint density at radius 3 is 2.44 bits per heavy atom. The molecule has 0 aliphatic rings. The van der Waals surface area contributed by atoms with Crippen molar-refractivity contribution in [3.63, 3.8) is 0 Å². The summed E-state index contributed by atoms with van der Waals surface area (Å²) in [6.45, 7) is 3.85. The molecule has 2 aromatic rings. The number of fused-ring (bicyclic) bond motifs is 1. The summed E-state index contributed by atoms with van der Waals surface area (Å²) in [6, 6.07) is -2.32. The highest BCUT2D eigenvalue weighted by Gasteiger charge is 2.40. The molecule has 0 fully saturated rings. The number of halogens is 3. The van der Waals surface area contributed by atoms with Gasteiger partial charge in [0.2, 0.25) is 0 Å². The molecular weight excluding hydrogens is 389 g/mol. The van der Waals surface area contributed by atoms with E-state index in [4.69, 9.17) is 9.47 Å². The van der Waals surface area contributed by atoms with Gasteiger partial charge in [0, 0.05) is 7.11 Å². The molecule has 150 valence electrons. The van der Waals surface area contributed by atoms with Crippen LogP contribution in [-0.4, -0.2) is 41.6 Å². The van der Waals surface area contributed by atoms with Crippen LogP contribution in [0.3, 0.4) is 0 Å². The topological polar surface area (TPSA) is 79.5 Å². The van der Waals surface area contributed by atoms with Crippen LogP contribution in [0.1, 0.15) is 35.1 Å². The van der Waals surface area contributed by atoms with Crippen molar-refractivity contribution in [1.82, 2.24) is 9.13 Å². The zero-order chi connectivity index (χ0) is 20.5. The van der Waals surface area contributed by atoms with Gasteiger partial charge in [0.05, 0.1) is 25.1 Å². The smallest absolute Gasteiger partial charge is 0.409 e. The van der Waals surface area contributed by atoms with Gasteiger partial charge >= 0.3 is 17.8 Å². The van der Waals surface area contributed by atoms with Gasteiger partial charge in [-0.05, 0) is 26.3 Å². The van der Waals surface area contributed by atoms with Gasteiger partial charge in [-0.25, -0.2) is 14.2 Å². The van der Waals surface area contributed by atoms with Crippen molar-refractivity contribution in [2.24, 2.45) is 0 Å². The molecule has 0 spiro atoms. The normalized spacial score (nSPS) is 13.1. The molecule has 0 N–H and O–H groups in total. The van der Waals surface area contributed by atoms with Crippen molar-refractivity contribution < 1.29 is 27.4 Å². The summed E-state index contributed by atoms with van der Waals surface area (Å²) in [5.41, 5.74) is -2.00. The Hall–Kier alpha value is -2.14. The number of aryl methyl sites for hydroxylation is 1. The molecule has 0 aliphatic heterocycles. The zero-order valence-corrected chi connectivity index (χ0v) is 16.0. The first-order chi connectivity index (χ1) is 12.6. The largest absolute Gasteiger partial charge is 0.462 e. The lowest BCUT2D eigenvalue weighted by atomic mass is 10.2. The Labute approximate surface area is 155 Å². The van der Waals surface area contributed by atoms with Crippen LogP contribution in [0.5, 0.6) is 0 Å². The third kappa shape index (κ3) is 3.79. The van der Waals surface area contributed by atoms with Crippen LogP contribution >= 0.6 is 11.3 Å². The van der Waals surface area contributed by atoms with Crippen LogP contribution in [0.25, 0.3) is 10.2 Å². The highest BCUT2D eigenvalue weighted by Crippen LogP contribution is 2.31. The third-order valence-corrected chi connectivity index (χ3v) is 5.38. The van der Waals surface area contributed by atoms with Gasteiger partial charge in [-0.3, -0.25) is 9.36 Å². The number of alkyl halides is 3. The quantitative estimate of drug-likeness (QED) is 0.686. The van der Waals surface area contributed by atoms with Crippen molar-refractivity contribution in [1.29, 1.82) is 0 Å². The Morgan fingerprint density at radius 1 is 1.30 bits per heavy atom. The van der Waals surface area contributed by atoms with E-state index in [2.05, 4.69) is 0 Å². The van der Waals surface area contributed by atoms with Gasteiger partial charge in [-0.2, -0.15) is 13.2 Å². The number of ether oxygens (including phenoxy) is 2. The highest BCUT2D eigenvalue weighted by molar-refractivity contribution is 7.20. The molecule has 0 saturated carbocycles. The average Bonchev–Trinajstić information content (AvgIpc) is 2.91. The van der Waals surface area contributed by atoms with Crippen molar-refractivity contribution >= 4 is 27.5 Å². The maximum Gasteiger partial charge on any atom is 0.409 e. The summed E-state index contributed by atoms with van der Waals surface area (Å²) in [5, 5.41) is -0.102. The van der Waals surface area contributed by atoms with Crippen molar-refractivity contribution in [2.45, 2.75) is 39.5 Å². The summed E-state index contributed by atoms with van der Waals surface area (Å²) in [6.07, 6.45) is -4.79. The third-order valence-electron chi connectivity index (χ3n) is 4.08. The lowest BCUT2D eigenvalue weighted by Crippen LogP contribution is -2.45. The summed E-state index contributed by atoms with van der Waals surface area (Å²) >= 11 is 0.844. The van der Waals surface area contributed by atoms with E-state index in [0.29, 0.717) is 0 Å². The monoisotopic (exact) mass is 408 g/mol. The highest BCUT2D eigenvalue weighted by atomic mass is 32.1. The molecule has 27 heavy (non-hydrogen) atoms. The number of aromatic nitrogens is 2. The number of carbonyl (C=O) groups excluding carboxylic acids is 1. The molecule has 2 heterocycles. The van der Waals surface area contributed by atoms with Crippen LogP contribution in [0.2, 0.25) is 0 Å². The molecule has 11 heteroatoms. The van der Waals surface area contributed by atoms with Crippen molar-refractivity contribution in [3.05, 3.63) is 31.3 Å².